The molecule has 0 aliphatic heterocycles. The predicted octanol–water partition coefficient (Wildman–Crippen LogP) is 5.58. The van der Waals surface area contributed by atoms with Crippen LogP contribution in [0.15, 0.2) is 65.5 Å². The molecule has 1 N–H and O–H groups in total. The first-order valence-electron chi connectivity index (χ1n) is 10.4. The number of aromatic nitrogens is 3. The minimum Gasteiger partial charge on any atom is -0.495 e. The van der Waals surface area contributed by atoms with Gasteiger partial charge in [0.05, 0.1) is 22.8 Å². The fourth-order valence-electron chi connectivity index (χ4n) is 4.06. The van der Waals surface area contributed by atoms with Crippen LogP contribution in [-0.4, -0.2) is 27.4 Å². The number of ether oxygens (including phenoxy) is 1. The monoisotopic (exact) mass is 510 g/mol. The number of halogens is 3. The van der Waals surface area contributed by atoms with Crippen molar-refractivity contribution in [2.45, 2.75) is 0 Å². The second kappa shape index (κ2) is 8.72. The molecule has 0 spiro atoms. The Bertz CT molecular complexity index is 1710. The Balaban J connectivity index is 1.78. The molecule has 0 atom stereocenters. The maximum absolute atomic E-state index is 13.6. The number of carbonyl (C=O) groups is 1. The van der Waals surface area contributed by atoms with Gasteiger partial charge in [0.25, 0.3) is 11.5 Å². The van der Waals surface area contributed by atoms with Gasteiger partial charge in [0.15, 0.2) is 5.69 Å². The molecule has 2 aromatic heterocycles. The average molecular weight is 511 g/mol. The van der Waals surface area contributed by atoms with Crippen LogP contribution < -0.4 is 15.6 Å². The summed E-state index contributed by atoms with van der Waals surface area (Å²) in [6, 6.07) is 15.9. The second-order valence-corrected chi connectivity index (χ2v) is 8.58. The van der Waals surface area contributed by atoms with Crippen LogP contribution in [0.2, 0.25) is 10.0 Å². The summed E-state index contributed by atoms with van der Waals surface area (Å²) in [6.45, 7) is 0. The maximum Gasteiger partial charge on any atom is 0.296 e. The summed E-state index contributed by atoms with van der Waals surface area (Å²) in [7, 11) is 3.23. The highest BCUT2D eigenvalue weighted by Gasteiger charge is 2.24. The first-order valence-corrected chi connectivity index (χ1v) is 11.2. The molecule has 0 saturated heterocycles. The molecule has 10 heteroatoms. The molecule has 176 valence electrons. The fourth-order valence-corrected chi connectivity index (χ4v) is 4.50. The number of carbonyl (C=O) groups excluding carboxylic acids is 1. The molecule has 3 aromatic carbocycles. The second-order valence-electron chi connectivity index (χ2n) is 7.77. The molecular weight excluding hydrogens is 494 g/mol. The number of fused-ring (bicyclic) bond motifs is 3. The molecule has 5 aromatic rings. The minimum atomic E-state index is -0.607. The minimum absolute atomic E-state index is 0.00351. The smallest absolute Gasteiger partial charge is 0.296 e. The lowest BCUT2D eigenvalue weighted by Crippen LogP contribution is -2.27. The van der Waals surface area contributed by atoms with Crippen molar-refractivity contribution in [2.24, 2.45) is 7.05 Å². The van der Waals surface area contributed by atoms with E-state index in [1.165, 1.54) is 25.3 Å². The van der Waals surface area contributed by atoms with Gasteiger partial charge in [0.2, 0.25) is 0 Å². The number of aryl methyl sites for hydroxylation is 1. The third kappa shape index (κ3) is 3.80. The van der Waals surface area contributed by atoms with Gasteiger partial charge in [-0.15, -0.1) is 0 Å². The van der Waals surface area contributed by atoms with Crippen molar-refractivity contribution >= 4 is 56.6 Å². The largest absolute Gasteiger partial charge is 0.495 e. The number of amides is 1. The fraction of sp³-hybridized carbons (Fsp3) is 0.0800. The molecule has 0 saturated carbocycles. The van der Waals surface area contributed by atoms with Gasteiger partial charge in [-0.25, -0.2) is 4.39 Å². The Morgan fingerprint density at radius 1 is 1.06 bits per heavy atom. The first kappa shape index (κ1) is 22.9. The van der Waals surface area contributed by atoms with E-state index in [0.717, 1.165) is 16.3 Å². The van der Waals surface area contributed by atoms with E-state index in [9.17, 15) is 14.0 Å². The summed E-state index contributed by atoms with van der Waals surface area (Å²) in [6.07, 6.45) is 0. The number of para-hydroxylation sites is 1. The summed E-state index contributed by atoms with van der Waals surface area (Å²) in [5.41, 5.74) is 1.25. The van der Waals surface area contributed by atoms with E-state index in [1.54, 1.807) is 23.7 Å². The van der Waals surface area contributed by atoms with E-state index in [-0.39, 0.29) is 26.9 Å². The molecule has 0 radical (unpaired) electrons. The van der Waals surface area contributed by atoms with Gasteiger partial charge < -0.3 is 14.6 Å². The van der Waals surface area contributed by atoms with Crippen molar-refractivity contribution in [1.29, 1.82) is 0 Å². The lowest BCUT2D eigenvalue weighted by atomic mass is 10.1. The van der Waals surface area contributed by atoms with Crippen LogP contribution in [0.25, 0.3) is 27.5 Å². The van der Waals surface area contributed by atoms with Crippen LogP contribution in [-0.2, 0) is 7.05 Å². The number of nitrogens with one attached hydrogen (secondary N) is 1. The van der Waals surface area contributed by atoms with Crippen LogP contribution in [0.3, 0.4) is 0 Å². The maximum atomic E-state index is 13.6. The highest BCUT2D eigenvalue weighted by Crippen LogP contribution is 2.30. The topological polar surface area (TPSA) is 78.2 Å². The van der Waals surface area contributed by atoms with Crippen LogP contribution in [0.4, 0.5) is 10.1 Å². The summed E-state index contributed by atoms with van der Waals surface area (Å²) >= 11 is 12.2. The molecule has 2 heterocycles. The Morgan fingerprint density at radius 2 is 1.83 bits per heavy atom. The van der Waals surface area contributed by atoms with E-state index < -0.39 is 17.3 Å². The molecule has 7 nitrogen and oxygen atoms in total. The van der Waals surface area contributed by atoms with E-state index in [4.69, 9.17) is 27.9 Å². The normalized spacial score (nSPS) is 11.2. The van der Waals surface area contributed by atoms with Crippen LogP contribution >= 0.6 is 23.2 Å². The molecule has 0 unspecified atom stereocenters. The van der Waals surface area contributed by atoms with E-state index in [2.05, 4.69) is 10.4 Å². The summed E-state index contributed by atoms with van der Waals surface area (Å²) in [5.74, 6) is -0.771. The van der Waals surface area contributed by atoms with Crippen molar-refractivity contribution in [2.75, 3.05) is 12.4 Å². The predicted molar refractivity (Wildman–Crippen MR) is 135 cm³/mol. The molecule has 0 fully saturated rings. The Morgan fingerprint density at radius 3 is 2.54 bits per heavy atom. The number of benzene rings is 3. The van der Waals surface area contributed by atoms with Gasteiger partial charge in [0.1, 0.15) is 17.1 Å². The van der Waals surface area contributed by atoms with Crippen LogP contribution in [0, 0.1) is 5.82 Å². The Labute approximate surface area is 208 Å². The Hall–Kier alpha value is -3.88. The lowest BCUT2D eigenvalue weighted by molar-refractivity contribution is 0.102. The lowest BCUT2D eigenvalue weighted by Gasteiger charge is -2.12. The molecule has 0 bridgehead atoms. The van der Waals surface area contributed by atoms with Gasteiger partial charge >= 0.3 is 0 Å². The van der Waals surface area contributed by atoms with Gasteiger partial charge in [-0.05, 0) is 42.5 Å². The average Bonchev–Trinajstić information content (AvgIpc) is 3.15. The quantitative estimate of drug-likeness (QED) is 0.342. The van der Waals surface area contributed by atoms with Gasteiger partial charge in [0, 0.05) is 29.0 Å². The highest BCUT2D eigenvalue weighted by molar-refractivity contribution is 6.32. The molecule has 35 heavy (non-hydrogen) atoms. The first-order chi connectivity index (χ1) is 16.8. The Kier molecular flexibility index (Phi) is 5.70. The standard InChI is InChI=1S/C25H17Cl2FN4O3/c1-31-19-6-4-3-5-15(19)21-22(24(33)29-13-7-9-18(28)16(26)11-13)30-32(25(34)23(21)31)14-8-10-20(35-2)17(27)12-14/h3-12H,1-2H3,(H,29,33). The molecule has 1 amide bonds. The van der Waals surface area contributed by atoms with Crippen molar-refractivity contribution < 1.29 is 13.9 Å². The van der Waals surface area contributed by atoms with E-state index in [0.29, 0.717) is 22.2 Å². The number of methoxy groups -OCH3 is 1. The van der Waals surface area contributed by atoms with Gasteiger partial charge in [-0.3, -0.25) is 9.59 Å². The summed E-state index contributed by atoms with van der Waals surface area (Å²) in [5, 5.41) is 8.37. The third-order valence-electron chi connectivity index (χ3n) is 5.71. The number of hydrogen-bond acceptors (Lipinski definition) is 4. The molecule has 0 aliphatic carbocycles. The molecule has 0 aliphatic rings. The zero-order valence-corrected chi connectivity index (χ0v) is 20.0. The number of hydrogen-bond donors (Lipinski definition) is 1. The van der Waals surface area contributed by atoms with Gasteiger partial charge in [-0.1, -0.05) is 41.4 Å². The van der Waals surface area contributed by atoms with Crippen molar-refractivity contribution in [3.63, 3.8) is 0 Å². The van der Waals surface area contributed by atoms with Crippen molar-refractivity contribution in [1.82, 2.24) is 14.3 Å². The zero-order chi connectivity index (χ0) is 24.9. The molecular formula is C25H17Cl2FN4O3. The molecule has 5 rings (SSSR count). The SMILES string of the molecule is COc1ccc(-n2nc(C(=O)Nc3ccc(F)c(Cl)c3)c3c4ccccc4n(C)c3c2=O)cc1Cl. The number of anilines is 1. The van der Waals surface area contributed by atoms with E-state index in [1.807, 2.05) is 24.3 Å². The van der Waals surface area contributed by atoms with Crippen LogP contribution in [0.5, 0.6) is 5.75 Å². The number of rotatable bonds is 4. The van der Waals surface area contributed by atoms with E-state index >= 15 is 0 Å². The van der Waals surface area contributed by atoms with Gasteiger partial charge in [-0.2, -0.15) is 9.78 Å². The third-order valence-corrected chi connectivity index (χ3v) is 6.30. The van der Waals surface area contributed by atoms with Crippen LogP contribution in [0.1, 0.15) is 10.5 Å². The zero-order valence-electron chi connectivity index (χ0n) is 18.5. The summed E-state index contributed by atoms with van der Waals surface area (Å²) < 4.78 is 21.6. The summed E-state index contributed by atoms with van der Waals surface area (Å²) in [4.78, 5) is 27.1. The highest BCUT2D eigenvalue weighted by atomic mass is 35.5. The van der Waals surface area contributed by atoms with Crippen molar-refractivity contribution in [3.8, 4) is 11.4 Å². The van der Waals surface area contributed by atoms with Crippen molar-refractivity contribution in [3.05, 3.63) is 92.6 Å². The number of nitrogens with zero attached hydrogens (tertiary/aromatic N) is 3.